The summed E-state index contributed by atoms with van der Waals surface area (Å²) in [5.74, 6) is 2.19. The summed E-state index contributed by atoms with van der Waals surface area (Å²) in [5.41, 5.74) is 1.21. The van der Waals surface area contributed by atoms with Gasteiger partial charge in [0.1, 0.15) is 0 Å². The van der Waals surface area contributed by atoms with Crippen LogP contribution in [0.5, 0.6) is 0 Å². The van der Waals surface area contributed by atoms with Crippen LogP contribution in [-0.2, 0) is 22.5 Å². The largest absolute Gasteiger partial charge is 0.376 e. The number of hydrogen-bond donors (Lipinski definition) is 1. The highest BCUT2D eigenvalue weighted by Gasteiger charge is 2.43. The average Bonchev–Trinajstić information content (AvgIpc) is 3.19. The highest BCUT2D eigenvalue weighted by Crippen LogP contribution is 2.39. The molecule has 1 aromatic heterocycles. The van der Waals surface area contributed by atoms with Crippen molar-refractivity contribution < 1.29 is 9.53 Å². The second-order valence-electron chi connectivity index (χ2n) is 8.39. The lowest BCUT2D eigenvalue weighted by Gasteiger charge is -2.38. The molecular weight excluding hydrogens is 346 g/mol. The van der Waals surface area contributed by atoms with E-state index in [1.807, 2.05) is 0 Å². The quantitative estimate of drug-likeness (QED) is 0.794. The summed E-state index contributed by atoms with van der Waals surface area (Å²) in [6, 6.07) is 0.179. The van der Waals surface area contributed by atoms with Gasteiger partial charge in [0.25, 0.3) is 0 Å². The average molecular weight is 378 g/mol. The van der Waals surface area contributed by atoms with E-state index in [-0.39, 0.29) is 18.1 Å². The van der Waals surface area contributed by atoms with Crippen LogP contribution in [0.15, 0.2) is 5.38 Å². The Morgan fingerprint density at radius 2 is 2.12 bits per heavy atom. The van der Waals surface area contributed by atoms with Gasteiger partial charge in [0, 0.05) is 38.5 Å². The Balaban J connectivity index is 1.36. The Labute approximate surface area is 160 Å². The maximum atomic E-state index is 11.7. The highest BCUT2D eigenvalue weighted by molar-refractivity contribution is 7.09. The molecular formula is C20H31N3O2S. The molecule has 1 aliphatic heterocycles. The van der Waals surface area contributed by atoms with Crippen molar-refractivity contribution in [2.24, 2.45) is 17.8 Å². The Hall–Kier alpha value is -0.980. The number of likely N-dealkylation sites (tertiary alicyclic amines) is 1. The number of aromatic nitrogens is 1. The molecule has 6 heteroatoms. The molecule has 4 atom stereocenters. The molecule has 2 heterocycles. The standard InChI is InChI=1S/C20H31N3O2S/c1-3-20-22-17(12-26-20)10-23-8-15-6-18(21-13(2)24)19(7-16(15)9-23)25-11-14-4-5-14/h12,14-16,18-19H,3-11H2,1-2H3,(H,21,24)/t15-,16+,18-,19-/m1/s1. The first-order valence-corrected chi connectivity index (χ1v) is 11.0. The van der Waals surface area contributed by atoms with Crippen molar-refractivity contribution in [1.82, 2.24) is 15.2 Å². The molecule has 4 rings (SSSR count). The van der Waals surface area contributed by atoms with Crippen molar-refractivity contribution >= 4 is 17.2 Å². The molecule has 2 aliphatic carbocycles. The molecule has 5 nitrogen and oxygen atoms in total. The predicted molar refractivity (Wildman–Crippen MR) is 103 cm³/mol. The maximum Gasteiger partial charge on any atom is 0.217 e. The number of hydrogen-bond acceptors (Lipinski definition) is 5. The minimum absolute atomic E-state index is 0.0675. The first kappa shape index (κ1) is 18.4. The van der Waals surface area contributed by atoms with E-state index in [1.54, 1.807) is 18.3 Å². The molecule has 0 aromatic carbocycles. The van der Waals surface area contributed by atoms with Gasteiger partial charge in [0.2, 0.25) is 5.91 Å². The molecule has 0 unspecified atom stereocenters. The third-order valence-corrected chi connectivity index (χ3v) is 7.15. The molecule has 1 N–H and O–H groups in total. The van der Waals surface area contributed by atoms with E-state index in [9.17, 15) is 4.79 Å². The minimum Gasteiger partial charge on any atom is -0.376 e. The summed E-state index contributed by atoms with van der Waals surface area (Å²) >= 11 is 1.78. The number of nitrogens with one attached hydrogen (secondary N) is 1. The predicted octanol–water partition coefficient (Wildman–Crippen LogP) is 2.85. The molecule has 1 saturated heterocycles. The zero-order valence-electron chi connectivity index (χ0n) is 15.9. The van der Waals surface area contributed by atoms with Crippen LogP contribution in [0, 0.1) is 17.8 Å². The number of carbonyl (C=O) groups excluding carboxylic acids is 1. The second-order valence-corrected chi connectivity index (χ2v) is 9.34. The Bertz CT molecular complexity index is 630. The fraction of sp³-hybridized carbons (Fsp3) is 0.800. The molecule has 3 fully saturated rings. The van der Waals surface area contributed by atoms with Gasteiger partial charge in [-0.25, -0.2) is 4.98 Å². The van der Waals surface area contributed by atoms with Gasteiger partial charge in [-0.2, -0.15) is 0 Å². The molecule has 3 aliphatic rings. The van der Waals surface area contributed by atoms with Crippen molar-refractivity contribution in [3.05, 3.63) is 16.1 Å². The topological polar surface area (TPSA) is 54.5 Å². The van der Waals surface area contributed by atoms with Crippen molar-refractivity contribution in [2.45, 2.75) is 64.6 Å². The van der Waals surface area contributed by atoms with E-state index in [0.717, 1.165) is 51.4 Å². The SMILES string of the molecule is CCc1nc(CN2C[C@H]3C[C@@H](NC(C)=O)[C@H](OCC4CC4)C[C@H]3C2)cs1. The smallest absolute Gasteiger partial charge is 0.217 e. The monoisotopic (exact) mass is 377 g/mol. The van der Waals surface area contributed by atoms with Crippen LogP contribution < -0.4 is 5.32 Å². The Morgan fingerprint density at radius 1 is 1.35 bits per heavy atom. The zero-order chi connectivity index (χ0) is 18.1. The number of rotatable bonds is 7. The Morgan fingerprint density at radius 3 is 2.77 bits per heavy atom. The summed E-state index contributed by atoms with van der Waals surface area (Å²) in [7, 11) is 0. The highest BCUT2D eigenvalue weighted by atomic mass is 32.1. The number of carbonyl (C=O) groups is 1. The fourth-order valence-electron chi connectivity index (χ4n) is 4.59. The van der Waals surface area contributed by atoms with Gasteiger partial charge in [-0.15, -0.1) is 11.3 Å². The maximum absolute atomic E-state index is 11.7. The third-order valence-electron chi connectivity index (χ3n) is 6.11. The molecule has 0 bridgehead atoms. The van der Waals surface area contributed by atoms with Gasteiger partial charge in [0.15, 0.2) is 0 Å². The van der Waals surface area contributed by atoms with Crippen molar-refractivity contribution in [1.29, 1.82) is 0 Å². The minimum atomic E-state index is 0.0675. The number of fused-ring (bicyclic) bond motifs is 1. The van der Waals surface area contributed by atoms with Crippen LogP contribution in [0.2, 0.25) is 0 Å². The van der Waals surface area contributed by atoms with Crippen LogP contribution in [0.4, 0.5) is 0 Å². The van der Waals surface area contributed by atoms with E-state index >= 15 is 0 Å². The van der Waals surface area contributed by atoms with Gasteiger partial charge in [-0.05, 0) is 49.9 Å². The van der Waals surface area contributed by atoms with Crippen LogP contribution in [0.25, 0.3) is 0 Å². The van der Waals surface area contributed by atoms with Crippen molar-refractivity contribution in [3.8, 4) is 0 Å². The first-order valence-electron chi connectivity index (χ1n) is 10.1. The number of nitrogens with zero attached hydrogens (tertiary/aromatic N) is 2. The van der Waals surface area contributed by atoms with E-state index in [2.05, 4.69) is 22.5 Å². The number of amides is 1. The molecule has 26 heavy (non-hydrogen) atoms. The lowest BCUT2D eigenvalue weighted by Crippen LogP contribution is -2.50. The van der Waals surface area contributed by atoms with Crippen molar-refractivity contribution in [2.75, 3.05) is 19.7 Å². The van der Waals surface area contributed by atoms with Crippen LogP contribution in [-0.4, -0.2) is 47.6 Å². The van der Waals surface area contributed by atoms with Gasteiger partial charge in [-0.1, -0.05) is 6.92 Å². The van der Waals surface area contributed by atoms with E-state index in [1.165, 1.54) is 23.5 Å². The summed E-state index contributed by atoms with van der Waals surface area (Å²) in [6.07, 6.45) is 5.96. The number of thiazole rings is 1. The van der Waals surface area contributed by atoms with Crippen LogP contribution >= 0.6 is 11.3 Å². The van der Waals surface area contributed by atoms with E-state index in [4.69, 9.17) is 9.72 Å². The summed E-state index contributed by atoms with van der Waals surface area (Å²) in [5, 5.41) is 6.61. The molecule has 0 spiro atoms. The van der Waals surface area contributed by atoms with Crippen LogP contribution in [0.1, 0.15) is 50.2 Å². The summed E-state index contributed by atoms with van der Waals surface area (Å²) in [4.78, 5) is 18.9. The lowest BCUT2D eigenvalue weighted by molar-refractivity contribution is -0.122. The van der Waals surface area contributed by atoms with Crippen molar-refractivity contribution in [3.63, 3.8) is 0 Å². The first-order chi connectivity index (χ1) is 12.6. The molecule has 1 aromatic rings. The zero-order valence-corrected chi connectivity index (χ0v) is 16.8. The molecule has 2 saturated carbocycles. The van der Waals surface area contributed by atoms with Gasteiger partial charge >= 0.3 is 0 Å². The molecule has 0 radical (unpaired) electrons. The number of ether oxygens (including phenoxy) is 1. The van der Waals surface area contributed by atoms with Gasteiger partial charge < -0.3 is 10.1 Å². The van der Waals surface area contributed by atoms with E-state index in [0.29, 0.717) is 11.8 Å². The normalized spacial score (nSPS) is 31.8. The third kappa shape index (κ3) is 4.46. The fourth-order valence-corrected chi connectivity index (χ4v) is 5.33. The Kier molecular flexibility index (Phi) is 5.62. The second kappa shape index (κ2) is 7.95. The molecule has 144 valence electrons. The number of aryl methyl sites for hydroxylation is 1. The summed E-state index contributed by atoms with van der Waals surface area (Å²) in [6.45, 7) is 7.88. The lowest BCUT2D eigenvalue weighted by atomic mass is 9.77. The van der Waals surface area contributed by atoms with Crippen LogP contribution in [0.3, 0.4) is 0 Å². The van der Waals surface area contributed by atoms with Gasteiger partial charge in [-0.3, -0.25) is 9.69 Å². The van der Waals surface area contributed by atoms with Gasteiger partial charge in [0.05, 0.1) is 22.8 Å². The summed E-state index contributed by atoms with van der Waals surface area (Å²) < 4.78 is 6.26. The molecule has 1 amide bonds. The van der Waals surface area contributed by atoms with E-state index < -0.39 is 0 Å².